The van der Waals surface area contributed by atoms with E-state index in [1.165, 1.54) is 12.1 Å². The largest absolute Gasteiger partial charge is 0.482 e. The van der Waals surface area contributed by atoms with Crippen LogP contribution in [0.3, 0.4) is 0 Å². The minimum atomic E-state index is -3.94. The van der Waals surface area contributed by atoms with Crippen LogP contribution in [0.25, 0.3) is 0 Å². The van der Waals surface area contributed by atoms with Gasteiger partial charge in [0.05, 0.1) is 4.90 Å². The molecule has 1 aliphatic rings. The standard InChI is InChI=1S/C12H12FN3O4S/c13-9-5-8(21(14,17)18)3-4-10(9)19-6-11-15-12(20-16-11)7-1-2-7/h3-5,7H,1-2,6H2,(H2,14,17,18). The third kappa shape index (κ3) is 3.19. The van der Waals surface area contributed by atoms with Gasteiger partial charge in [0.25, 0.3) is 0 Å². The number of rotatable bonds is 5. The zero-order valence-corrected chi connectivity index (χ0v) is 11.6. The topological polar surface area (TPSA) is 108 Å². The molecular formula is C12H12FN3O4S. The summed E-state index contributed by atoms with van der Waals surface area (Å²) in [6.07, 6.45) is 2.07. The molecule has 1 aliphatic carbocycles. The van der Waals surface area contributed by atoms with Crippen molar-refractivity contribution >= 4 is 10.0 Å². The summed E-state index contributed by atoms with van der Waals surface area (Å²) in [7, 11) is -3.94. The molecule has 112 valence electrons. The van der Waals surface area contributed by atoms with Crippen molar-refractivity contribution < 1.29 is 22.1 Å². The van der Waals surface area contributed by atoms with Crippen molar-refractivity contribution in [2.75, 3.05) is 0 Å². The third-order valence-electron chi connectivity index (χ3n) is 3.00. The molecule has 3 rings (SSSR count). The lowest BCUT2D eigenvalue weighted by Crippen LogP contribution is -2.12. The maximum absolute atomic E-state index is 13.7. The maximum atomic E-state index is 13.7. The van der Waals surface area contributed by atoms with Gasteiger partial charge in [0.2, 0.25) is 21.7 Å². The van der Waals surface area contributed by atoms with Gasteiger partial charge in [-0.3, -0.25) is 0 Å². The number of hydrogen-bond donors (Lipinski definition) is 1. The molecule has 2 N–H and O–H groups in total. The Morgan fingerprint density at radius 2 is 2.19 bits per heavy atom. The Morgan fingerprint density at radius 1 is 1.43 bits per heavy atom. The molecule has 0 radical (unpaired) electrons. The SMILES string of the molecule is NS(=O)(=O)c1ccc(OCc2noc(C3CC3)n2)c(F)c1. The van der Waals surface area contributed by atoms with Crippen molar-refractivity contribution in [1.82, 2.24) is 10.1 Å². The summed E-state index contributed by atoms with van der Waals surface area (Å²) in [5.41, 5.74) is 0. The molecule has 21 heavy (non-hydrogen) atoms. The van der Waals surface area contributed by atoms with Crippen molar-refractivity contribution in [2.45, 2.75) is 30.3 Å². The first-order valence-electron chi connectivity index (χ1n) is 6.21. The first-order chi connectivity index (χ1) is 9.93. The molecule has 1 fully saturated rings. The van der Waals surface area contributed by atoms with Crippen LogP contribution in [0, 0.1) is 5.82 Å². The molecule has 1 aromatic heterocycles. The van der Waals surface area contributed by atoms with Crippen LogP contribution < -0.4 is 9.88 Å². The lowest BCUT2D eigenvalue weighted by molar-refractivity contribution is 0.272. The fourth-order valence-corrected chi connectivity index (χ4v) is 2.27. The Morgan fingerprint density at radius 3 is 2.81 bits per heavy atom. The van der Waals surface area contributed by atoms with E-state index in [9.17, 15) is 12.8 Å². The lowest BCUT2D eigenvalue weighted by Gasteiger charge is -2.06. The molecule has 0 atom stereocenters. The van der Waals surface area contributed by atoms with Crippen LogP contribution in [0.1, 0.15) is 30.5 Å². The molecule has 1 heterocycles. The first-order valence-corrected chi connectivity index (χ1v) is 7.76. The van der Waals surface area contributed by atoms with Gasteiger partial charge in [-0.05, 0) is 31.0 Å². The van der Waals surface area contributed by atoms with Gasteiger partial charge >= 0.3 is 0 Å². The number of primary sulfonamides is 1. The number of halogens is 1. The van der Waals surface area contributed by atoms with Crippen molar-refractivity contribution in [3.8, 4) is 5.75 Å². The molecule has 9 heteroatoms. The molecule has 7 nitrogen and oxygen atoms in total. The molecule has 0 aliphatic heterocycles. The summed E-state index contributed by atoms with van der Waals surface area (Å²) in [4.78, 5) is 3.82. The number of sulfonamides is 1. The second-order valence-electron chi connectivity index (χ2n) is 4.75. The van der Waals surface area contributed by atoms with Crippen molar-refractivity contribution in [1.29, 1.82) is 0 Å². The Kier molecular flexibility index (Phi) is 3.38. The summed E-state index contributed by atoms with van der Waals surface area (Å²) in [5.74, 6) is 0.273. The number of hydrogen-bond acceptors (Lipinski definition) is 6. The van der Waals surface area contributed by atoms with E-state index in [0.29, 0.717) is 17.6 Å². The number of nitrogens with two attached hydrogens (primary N) is 1. The molecule has 0 spiro atoms. The Labute approximate surface area is 120 Å². The van der Waals surface area contributed by atoms with Gasteiger partial charge in [0.15, 0.2) is 18.2 Å². The molecule has 1 aromatic carbocycles. The van der Waals surface area contributed by atoms with Crippen LogP contribution in [0.4, 0.5) is 4.39 Å². The van der Waals surface area contributed by atoms with Gasteiger partial charge in [0.1, 0.15) is 0 Å². The van der Waals surface area contributed by atoms with Crippen LogP contribution in [-0.4, -0.2) is 18.6 Å². The molecular weight excluding hydrogens is 301 g/mol. The van der Waals surface area contributed by atoms with Crippen LogP contribution in [-0.2, 0) is 16.6 Å². The quantitative estimate of drug-likeness (QED) is 0.891. The van der Waals surface area contributed by atoms with Crippen molar-refractivity contribution in [3.63, 3.8) is 0 Å². The van der Waals surface area contributed by atoms with E-state index in [1.54, 1.807) is 0 Å². The van der Waals surface area contributed by atoms with E-state index in [1.807, 2.05) is 0 Å². The number of benzene rings is 1. The molecule has 0 saturated heterocycles. The highest BCUT2D eigenvalue weighted by atomic mass is 32.2. The van der Waals surface area contributed by atoms with E-state index in [4.69, 9.17) is 14.4 Å². The highest BCUT2D eigenvalue weighted by molar-refractivity contribution is 7.89. The van der Waals surface area contributed by atoms with E-state index < -0.39 is 15.8 Å². The summed E-state index contributed by atoms with van der Waals surface area (Å²) >= 11 is 0. The van der Waals surface area contributed by atoms with E-state index in [0.717, 1.165) is 18.9 Å². The predicted molar refractivity (Wildman–Crippen MR) is 68.4 cm³/mol. The zero-order chi connectivity index (χ0) is 15.0. The second-order valence-corrected chi connectivity index (χ2v) is 6.31. The van der Waals surface area contributed by atoms with Gasteiger partial charge < -0.3 is 9.26 Å². The normalized spacial score (nSPS) is 15.1. The van der Waals surface area contributed by atoms with Crippen LogP contribution in [0.2, 0.25) is 0 Å². The average molecular weight is 313 g/mol. The maximum Gasteiger partial charge on any atom is 0.238 e. The van der Waals surface area contributed by atoms with Crippen LogP contribution in [0.15, 0.2) is 27.6 Å². The summed E-state index contributed by atoms with van der Waals surface area (Å²) in [6, 6.07) is 3.16. The number of aromatic nitrogens is 2. The second kappa shape index (κ2) is 5.08. The average Bonchev–Trinajstić information content (AvgIpc) is 3.16. The molecule has 1 saturated carbocycles. The van der Waals surface area contributed by atoms with Crippen LogP contribution in [0.5, 0.6) is 5.75 Å². The molecule has 0 bridgehead atoms. The van der Waals surface area contributed by atoms with Crippen LogP contribution >= 0.6 is 0 Å². The highest BCUT2D eigenvalue weighted by Crippen LogP contribution is 2.38. The number of nitrogens with zero attached hydrogens (tertiary/aromatic N) is 2. The third-order valence-corrected chi connectivity index (χ3v) is 3.91. The Bertz CT molecular complexity index is 771. The summed E-state index contributed by atoms with van der Waals surface area (Å²) in [5, 5.41) is 8.64. The predicted octanol–water partition coefficient (Wildman–Crippen LogP) is 1.31. The lowest BCUT2D eigenvalue weighted by atomic mass is 10.3. The molecule has 0 amide bonds. The Balaban J connectivity index is 1.69. The van der Waals surface area contributed by atoms with Gasteiger partial charge in [0, 0.05) is 5.92 Å². The number of ether oxygens (including phenoxy) is 1. The smallest absolute Gasteiger partial charge is 0.238 e. The first kappa shape index (κ1) is 14.0. The van der Waals surface area contributed by atoms with E-state index >= 15 is 0 Å². The molecule has 0 unspecified atom stereocenters. The summed E-state index contributed by atoms with van der Waals surface area (Å²) in [6.45, 7) is -0.0676. The van der Waals surface area contributed by atoms with E-state index in [-0.39, 0.29) is 17.3 Å². The molecule has 2 aromatic rings. The van der Waals surface area contributed by atoms with Gasteiger partial charge in [-0.2, -0.15) is 4.98 Å². The monoisotopic (exact) mass is 313 g/mol. The fraction of sp³-hybridized carbons (Fsp3) is 0.333. The van der Waals surface area contributed by atoms with Gasteiger partial charge in [-0.1, -0.05) is 5.16 Å². The van der Waals surface area contributed by atoms with Crippen molar-refractivity contribution in [2.24, 2.45) is 5.14 Å². The fourth-order valence-electron chi connectivity index (χ4n) is 1.74. The summed E-state index contributed by atoms with van der Waals surface area (Å²) < 4.78 is 46.1. The van der Waals surface area contributed by atoms with Crippen molar-refractivity contribution in [3.05, 3.63) is 35.7 Å². The highest BCUT2D eigenvalue weighted by Gasteiger charge is 2.29. The Hall–Kier alpha value is -2.00. The minimum absolute atomic E-state index is 0.0676. The minimum Gasteiger partial charge on any atom is -0.482 e. The zero-order valence-electron chi connectivity index (χ0n) is 10.8. The van der Waals surface area contributed by atoms with E-state index in [2.05, 4.69) is 10.1 Å². The van der Waals surface area contributed by atoms with Gasteiger partial charge in [-0.15, -0.1) is 0 Å². The van der Waals surface area contributed by atoms with Gasteiger partial charge in [-0.25, -0.2) is 17.9 Å².